The van der Waals surface area contributed by atoms with Crippen molar-refractivity contribution < 1.29 is 9.50 Å². The number of rotatable bonds is 1. The Morgan fingerprint density at radius 3 is 2.88 bits per heavy atom. The maximum absolute atomic E-state index is 11.9. The highest BCUT2D eigenvalue weighted by atomic mass is 32.1. The smallest absolute Gasteiger partial charge is 0.269 e. The molecule has 4 heteroatoms. The van der Waals surface area contributed by atoms with Crippen LogP contribution in [0.2, 0.25) is 0 Å². The van der Waals surface area contributed by atoms with E-state index in [2.05, 4.69) is 4.98 Å². The molecule has 1 heterocycles. The van der Waals surface area contributed by atoms with Crippen molar-refractivity contribution in [3.05, 3.63) is 16.3 Å². The van der Waals surface area contributed by atoms with Crippen molar-refractivity contribution in [2.24, 2.45) is 0 Å². The number of hydrogen-bond donors (Lipinski definition) is 1. The summed E-state index contributed by atoms with van der Waals surface area (Å²) in [5, 5.41) is 9.32. The van der Waals surface area contributed by atoms with Gasteiger partial charge in [0.2, 0.25) is 0 Å². The number of halogens is 1. The third-order valence-corrected chi connectivity index (χ3v) is 1.36. The molecule has 0 aliphatic carbocycles. The molecular formula is C4H4FNOS. The van der Waals surface area contributed by atoms with Gasteiger partial charge in [-0.2, -0.15) is 4.39 Å². The molecule has 2 nitrogen and oxygen atoms in total. The second-order valence-corrected chi connectivity index (χ2v) is 2.06. The topological polar surface area (TPSA) is 33.1 Å². The number of aromatic nitrogens is 1. The van der Waals surface area contributed by atoms with Gasteiger partial charge in [-0.1, -0.05) is 11.3 Å². The maximum atomic E-state index is 11.9. The van der Waals surface area contributed by atoms with E-state index in [4.69, 9.17) is 5.11 Å². The fourth-order valence-corrected chi connectivity index (χ4v) is 0.885. The summed E-state index contributed by atoms with van der Waals surface area (Å²) < 4.78 is 11.9. The average Bonchev–Trinajstić information content (AvgIpc) is 2.14. The molecule has 0 spiro atoms. The Kier molecular flexibility index (Phi) is 1.55. The number of aliphatic hydroxyl groups excluding tert-OH is 1. The van der Waals surface area contributed by atoms with E-state index < -0.39 is 5.26 Å². The van der Waals surface area contributed by atoms with Gasteiger partial charge >= 0.3 is 0 Å². The van der Waals surface area contributed by atoms with Crippen molar-refractivity contribution in [3.63, 3.8) is 0 Å². The molecular weight excluding hydrogens is 129 g/mol. The van der Waals surface area contributed by atoms with Gasteiger partial charge in [-0.3, -0.25) is 0 Å². The van der Waals surface area contributed by atoms with Crippen LogP contribution in [0.5, 0.6) is 0 Å². The molecule has 8 heavy (non-hydrogen) atoms. The Morgan fingerprint density at radius 2 is 2.62 bits per heavy atom. The maximum Gasteiger partial charge on any atom is 0.269 e. The Labute approximate surface area is 49.6 Å². The van der Waals surface area contributed by atoms with E-state index >= 15 is 0 Å². The number of hydrogen-bond acceptors (Lipinski definition) is 3. The summed E-state index contributed by atoms with van der Waals surface area (Å²) in [5.74, 6) is 0. The molecule has 0 bridgehead atoms. The Morgan fingerprint density at radius 1 is 1.88 bits per heavy atom. The molecule has 0 aliphatic rings. The number of aliphatic hydroxyl groups is 1. The van der Waals surface area contributed by atoms with Crippen LogP contribution in [0.4, 0.5) is 4.39 Å². The van der Waals surface area contributed by atoms with Crippen LogP contribution >= 0.6 is 11.3 Å². The van der Waals surface area contributed by atoms with Crippen LogP contribution in [0.25, 0.3) is 0 Å². The standard InChI is InChI=1S/C4H4FNOS/c5-4-6-3(1-7)2-8-4/h2,7H,1H2. The van der Waals surface area contributed by atoms with Crippen LogP contribution < -0.4 is 0 Å². The summed E-state index contributed by atoms with van der Waals surface area (Å²) in [7, 11) is 0. The lowest BCUT2D eigenvalue weighted by atomic mass is 10.5. The highest BCUT2D eigenvalue weighted by Crippen LogP contribution is 2.05. The van der Waals surface area contributed by atoms with Gasteiger partial charge in [-0.25, -0.2) is 4.98 Å². The molecule has 1 rings (SSSR count). The zero-order valence-corrected chi connectivity index (χ0v) is 4.78. The molecule has 1 aromatic heterocycles. The van der Waals surface area contributed by atoms with E-state index in [-0.39, 0.29) is 6.61 Å². The van der Waals surface area contributed by atoms with E-state index in [1.165, 1.54) is 5.38 Å². The fourth-order valence-electron chi connectivity index (χ4n) is 0.355. The molecule has 0 saturated carbocycles. The monoisotopic (exact) mass is 133 g/mol. The third kappa shape index (κ3) is 1.02. The number of thiazole rings is 1. The van der Waals surface area contributed by atoms with E-state index in [0.29, 0.717) is 5.69 Å². The summed E-state index contributed by atoms with van der Waals surface area (Å²) in [4.78, 5) is 3.33. The molecule has 0 radical (unpaired) electrons. The normalized spacial score (nSPS) is 9.75. The Balaban J connectivity index is 2.84. The minimum absolute atomic E-state index is 0.180. The molecule has 1 aromatic rings. The fraction of sp³-hybridized carbons (Fsp3) is 0.250. The van der Waals surface area contributed by atoms with E-state index in [0.717, 1.165) is 11.3 Å². The first-order chi connectivity index (χ1) is 3.83. The molecule has 0 fully saturated rings. The quantitative estimate of drug-likeness (QED) is 0.614. The molecule has 0 amide bonds. The van der Waals surface area contributed by atoms with Gasteiger partial charge in [-0.05, 0) is 0 Å². The van der Waals surface area contributed by atoms with Crippen LogP contribution in [0, 0.1) is 5.26 Å². The second-order valence-electron chi connectivity index (χ2n) is 1.25. The molecule has 0 aromatic carbocycles. The van der Waals surface area contributed by atoms with Gasteiger partial charge in [0.25, 0.3) is 5.26 Å². The summed E-state index contributed by atoms with van der Waals surface area (Å²) in [6.07, 6.45) is 0. The Hall–Kier alpha value is -0.480. The van der Waals surface area contributed by atoms with Gasteiger partial charge in [0, 0.05) is 5.38 Å². The Bertz CT molecular complexity index is 176. The average molecular weight is 133 g/mol. The largest absolute Gasteiger partial charge is 0.390 e. The van der Waals surface area contributed by atoms with Crippen LogP contribution in [0.3, 0.4) is 0 Å². The minimum Gasteiger partial charge on any atom is -0.390 e. The van der Waals surface area contributed by atoms with Gasteiger partial charge < -0.3 is 5.11 Å². The summed E-state index contributed by atoms with van der Waals surface area (Å²) in [6.45, 7) is -0.180. The van der Waals surface area contributed by atoms with E-state index in [1.807, 2.05) is 0 Å². The lowest BCUT2D eigenvalue weighted by Gasteiger charge is -1.78. The van der Waals surface area contributed by atoms with Gasteiger partial charge in [0.05, 0.1) is 12.3 Å². The first kappa shape index (κ1) is 5.65. The van der Waals surface area contributed by atoms with Crippen LogP contribution in [0.15, 0.2) is 5.38 Å². The van der Waals surface area contributed by atoms with Gasteiger partial charge in [0.15, 0.2) is 0 Å². The summed E-state index contributed by atoms with van der Waals surface area (Å²) in [5.41, 5.74) is 0.396. The molecule has 0 unspecified atom stereocenters. The molecule has 1 N–H and O–H groups in total. The van der Waals surface area contributed by atoms with Crippen molar-refractivity contribution in [2.45, 2.75) is 6.61 Å². The van der Waals surface area contributed by atoms with Crippen LogP contribution in [-0.2, 0) is 6.61 Å². The van der Waals surface area contributed by atoms with E-state index in [9.17, 15) is 4.39 Å². The number of nitrogens with zero attached hydrogens (tertiary/aromatic N) is 1. The van der Waals surface area contributed by atoms with Gasteiger partial charge in [0.1, 0.15) is 0 Å². The lowest BCUT2D eigenvalue weighted by Crippen LogP contribution is -1.80. The van der Waals surface area contributed by atoms with Crippen molar-refractivity contribution in [1.29, 1.82) is 0 Å². The van der Waals surface area contributed by atoms with Crippen LogP contribution in [-0.4, -0.2) is 10.1 Å². The minimum atomic E-state index is -0.492. The second kappa shape index (κ2) is 2.19. The highest BCUT2D eigenvalue weighted by Gasteiger charge is 1.95. The zero-order valence-electron chi connectivity index (χ0n) is 3.97. The predicted octanol–water partition coefficient (Wildman–Crippen LogP) is 0.774. The zero-order chi connectivity index (χ0) is 5.98. The SMILES string of the molecule is OCc1csc(F)n1. The lowest BCUT2D eigenvalue weighted by molar-refractivity contribution is 0.276. The predicted molar refractivity (Wildman–Crippen MR) is 28.0 cm³/mol. The molecule has 0 saturated heterocycles. The van der Waals surface area contributed by atoms with Gasteiger partial charge in [-0.15, -0.1) is 0 Å². The third-order valence-electron chi connectivity index (χ3n) is 0.686. The molecule has 0 aliphatic heterocycles. The molecule has 0 atom stereocenters. The summed E-state index contributed by atoms with van der Waals surface area (Å²) >= 11 is 0.891. The summed E-state index contributed by atoms with van der Waals surface area (Å²) in [6, 6.07) is 0. The first-order valence-corrected chi connectivity index (χ1v) is 2.91. The van der Waals surface area contributed by atoms with E-state index in [1.54, 1.807) is 0 Å². The van der Waals surface area contributed by atoms with Crippen molar-refractivity contribution in [1.82, 2.24) is 4.98 Å². The van der Waals surface area contributed by atoms with Crippen LogP contribution in [0.1, 0.15) is 5.69 Å². The van der Waals surface area contributed by atoms with Crippen molar-refractivity contribution in [3.8, 4) is 0 Å². The van der Waals surface area contributed by atoms with Crippen molar-refractivity contribution in [2.75, 3.05) is 0 Å². The highest BCUT2D eigenvalue weighted by molar-refractivity contribution is 7.07. The molecule has 44 valence electrons. The van der Waals surface area contributed by atoms with Crippen molar-refractivity contribution >= 4 is 11.3 Å². The first-order valence-electron chi connectivity index (χ1n) is 2.03.